The first-order valence-electron chi connectivity index (χ1n) is 9.13. The van der Waals surface area contributed by atoms with Crippen LogP contribution in [0.25, 0.3) is 5.69 Å². The zero-order valence-electron chi connectivity index (χ0n) is 16.2. The quantitative estimate of drug-likeness (QED) is 0.729. The van der Waals surface area contributed by atoms with E-state index in [4.69, 9.17) is 5.73 Å². The number of carbonyl (C=O) groups excluding carboxylic acids is 1. The summed E-state index contributed by atoms with van der Waals surface area (Å²) >= 11 is 0. The lowest BCUT2D eigenvalue weighted by Crippen LogP contribution is -2.40. The van der Waals surface area contributed by atoms with Crippen molar-refractivity contribution in [3.63, 3.8) is 0 Å². The van der Waals surface area contributed by atoms with Gasteiger partial charge in [0.15, 0.2) is 0 Å². The molecule has 3 N–H and O–H groups in total. The molecule has 0 aliphatic rings. The SMILES string of the molecule is CCCCC(CN)NC(=O)c1cnn(-c2ccc(C)cc2)c1C(C)C.Cl. The van der Waals surface area contributed by atoms with E-state index in [0.717, 1.165) is 30.6 Å². The molecule has 0 saturated heterocycles. The lowest BCUT2D eigenvalue weighted by atomic mass is 10.0. The Morgan fingerprint density at radius 2 is 1.92 bits per heavy atom. The van der Waals surface area contributed by atoms with Crippen LogP contribution >= 0.6 is 12.4 Å². The highest BCUT2D eigenvalue weighted by atomic mass is 35.5. The van der Waals surface area contributed by atoms with Gasteiger partial charge in [0.25, 0.3) is 5.91 Å². The maximum absolute atomic E-state index is 12.8. The number of amides is 1. The number of nitrogens with zero attached hydrogens (tertiary/aromatic N) is 2. The number of aryl methyl sites for hydroxylation is 1. The molecule has 144 valence electrons. The van der Waals surface area contributed by atoms with Crippen molar-refractivity contribution in [1.82, 2.24) is 15.1 Å². The summed E-state index contributed by atoms with van der Waals surface area (Å²) in [6.45, 7) is 8.80. The normalized spacial score (nSPS) is 11.9. The molecule has 6 heteroatoms. The molecule has 0 bridgehead atoms. The summed E-state index contributed by atoms with van der Waals surface area (Å²) in [6, 6.07) is 8.17. The van der Waals surface area contributed by atoms with E-state index in [-0.39, 0.29) is 30.3 Å². The van der Waals surface area contributed by atoms with E-state index in [9.17, 15) is 4.79 Å². The molecule has 1 amide bonds. The molecule has 1 aromatic carbocycles. The molecule has 1 atom stereocenters. The second kappa shape index (κ2) is 10.3. The molecule has 5 nitrogen and oxygen atoms in total. The molecule has 1 unspecified atom stereocenters. The smallest absolute Gasteiger partial charge is 0.255 e. The van der Waals surface area contributed by atoms with Crippen molar-refractivity contribution in [3.8, 4) is 5.69 Å². The van der Waals surface area contributed by atoms with Crippen LogP contribution in [-0.2, 0) is 0 Å². The predicted molar refractivity (Wildman–Crippen MR) is 109 cm³/mol. The van der Waals surface area contributed by atoms with Gasteiger partial charge in [-0.1, -0.05) is 51.3 Å². The summed E-state index contributed by atoms with van der Waals surface area (Å²) in [5, 5.41) is 7.55. The first-order chi connectivity index (χ1) is 12.0. The molecule has 0 radical (unpaired) electrons. The van der Waals surface area contributed by atoms with Crippen LogP contribution in [0, 0.1) is 6.92 Å². The van der Waals surface area contributed by atoms with Gasteiger partial charge in [-0.3, -0.25) is 4.79 Å². The van der Waals surface area contributed by atoms with Crippen LogP contribution in [0.4, 0.5) is 0 Å². The van der Waals surface area contributed by atoms with Crippen molar-refractivity contribution in [3.05, 3.63) is 47.3 Å². The Kier molecular flexibility index (Phi) is 8.82. The van der Waals surface area contributed by atoms with Gasteiger partial charge in [-0.05, 0) is 31.4 Å². The molecule has 2 aromatic rings. The van der Waals surface area contributed by atoms with E-state index in [0.29, 0.717) is 12.1 Å². The maximum atomic E-state index is 12.8. The van der Waals surface area contributed by atoms with Crippen molar-refractivity contribution < 1.29 is 4.79 Å². The largest absolute Gasteiger partial charge is 0.348 e. The molecule has 1 aromatic heterocycles. The standard InChI is InChI=1S/C20H30N4O.ClH/c1-5-6-7-16(12-21)23-20(25)18-13-22-24(19(18)14(2)3)17-10-8-15(4)9-11-17;/h8-11,13-14,16H,5-7,12,21H2,1-4H3,(H,23,25);1H. The number of carbonyl (C=O) groups is 1. The van der Waals surface area contributed by atoms with Crippen molar-refractivity contribution in [1.29, 1.82) is 0 Å². The number of halogens is 1. The number of benzene rings is 1. The third-order valence-corrected chi connectivity index (χ3v) is 4.40. The molecule has 1 heterocycles. The predicted octanol–water partition coefficient (Wildman–Crippen LogP) is 3.97. The third-order valence-electron chi connectivity index (χ3n) is 4.40. The Balaban J connectivity index is 0.00000338. The third kappa shape index (κ3) is 5.32. The monoisotopic (exact) mass is 378 g/mol. The molecule has 0 fully saturated rings. The molecule has 26 heavy (non-hydrogen) atoms. The minimum atomic E-state index is -0.0892. The van der Waals surface area contributed by atoms with Crippen molar-refractivity contribution in [2.75, 3.05) is 6.54 Å². The molecule has 0 spiro atoms. The summed E-state index contributed by atoms with van der Waals surface area (Å²) in [5.41, 5.74) is 9.53. The average Bonchev–Trinajstić information content (AvgIpc) is 3.04. The van der Waals surface area contributed by atoms with Crippen LogP contribution in [0.2, 0.25) is 0 Å². The average molecular weight is 379 g/mol. The fraction of sp³-hybridized carbons (Fsp3) is 0.500. The Labute approximate surface area is 162 Å². The summed E-state index contributed by atoms with van der Waals surface area (Å²) in [4.78, 5) is 12.8. The van der Waals surface area contributed by atoms with Gasteiger partial charge in [0.2, 0.25) is 0 Å². The summed E-state index contributed by atoms with van der Waals surface area (Å²) in [6.07, 6.45) is 4.72. The first kappa shape index (κ1) is 22.2. The highest BCUT2D eigenvalue weighted by Gasteiger charge is 2.22. The molecule has 0 saturated carbocycles. The fourth-order valence-electron chi connectivity index (χ4n) is 2.94. The van der Waals surface area contributed by atoms with Crippen LogP contribution in [0.5, 0.6) is 0 Å². The summed E-state index contributed by atoms with van der Waals surface area (Å²) < 4.78 is 1.86. The van der Waals surface area contributed by atoms with E-state index in [2.05, 4.69) is 50.2 Å². The molecule has 0 aliphatic carbocycles. The van der Waals surface area contributed by atoms with Gasteiger partial charge in [0, 0.05) is 12.6 Å². The lowest BCUT2D eigenvalue weighted by molar-refractivity contribution is 0.0934. The van der Waals surface area contributed by atoms with Gasteiger partial charge in [0.1, 0.15) is 0 Å². The second-order valence-electron chi connectivity index (χ2n) is 6.89. The van der Waals surface area contributed by atoms with E-state index in [1.807, 2.05) is 16.8 Å². The van der Waals surface area contributed by atoms with Gasteiger partial charge in [-0.2, -0.15) is 5.10 Å². The van der Waals surface area contributed by atoms with Gasteiger partial charge >= 0.3 is 0 Å². The van der Waals surface area contributed by atoms with Crippen LogP contribution in [0.1, 0.15) is 67.6 Å². The van der Waals surface area contributed by atoms with Crippen molar-refractivity contribution in [2.45, 2.75) is 58.9 Å². The lowest BCUT2D eigenvalue weighted by Gasteiger charge is -2.18. The number of nitrogens with two attached hydrogens (primary N) is 1. The number of hydrogen-bond acceptors (Lipinski definition) is 3. The highest BCUT2D eigenvalue weighted by Crippen LogP contribution is 2.23. The maximum Gasteiger partial charge on any atom is 0.255 e. The van der Waals surface area contributed by atoms with Crippen LogP contribution < -0.4 is 11.1 Å². The van der Waals surface area contributed by atoms with Crippen molar-refractivity contribution >= 4 is 18.3 Å². The van der Waals surface area contributed by atoms with E-state index < -0.39 is 0 Å². The van der Waals surface area contributed by atoms with Crippen LogP contribution in [0.15, 0.2) is 30.5 Å². The number of nitrogens with one attached hydrogen (secondary N) is 1. The molecule has 0 aliphatic heterocycles. The Bertz CT molecular complexity index is 694. The van der Waals surface area contributed by atoms with Gasteiger partial charge in [0.05, 0.1) is 23.1 Å². The number of hydrogen-bond donors (Lipinski definition) is 2. The zero-order valence-corrected chi connectivity index (χ0v) is 17.0. The second-order valence-corrected chi connectivity index (χ2v) is 6.89. The molecule has 2 rings (SSSR count). The minimum absolute atomic E-state index is 0. The van der Waals surface area contributed by atoms with Gasteiger partial charge < -0.3 is 11.1 Å². The fourth-order valence-corrected chi connectivity index (χ4v) is 2.94. The Hall–Kier alpha value is -1.85. The van der Waals surface area contributed by atoms with Gasteiger partial charge in [-0.25, -0.2) is 4.68 Å². The van der Waals surface area contributed by atoms with E-state index >= 15 is 0 Å². The number of unbranched alkanes of at least 4 members (excludes halogenated alkanes) is 1. The van der Waals surface area contributed by atoms with Crippen molar-refractivity contribution in [2.24, 2.45) is 5.73 Å². The minimum Gasteiger partial charge on any atom is -0.348 e. The molecular weight excluding hydrogens is 348 g/mol. The summed E-state index contributed by atoms with van der Waals surface area (Å²) in [5.74, 6) is 0.0881. The zero-order chi connectivity index (χ0) is 18.4. The highest BCUT2D eigenvalue weighted by molar-refractivity contribution is 5.95. The topological polar surface area (TPSA) is 72.9 Å². The first-order valence-corrected chi connectivity index (χ1v) is 9.13. The van der Waals surface area contributed by atoms with E-state index in [1.165, 1.54) is 5.56 Å². The molecular formula is C20H31ClN4O. The Morgan fingerprint density at radius 3 is 2.46 bits per heavy atom. The van der Waals surface area contributed by atoms with Crippen LogP contribution in [-0.4, -0.2) is 28.3 Å². The summed E-state index contributed by atoms with van der Waals surface area (Å²) in [7, 11) is 0. The number of aromatic nitrogens is 2. The number of rotatable bonds is 8. The van der Waals surface area contributed by atoms with Crippen LogP contribution in [0.3, 0.4) is 0 Å². The van der Waals surface area contributed by atoms with Gasteiger partial charge in [-0.15, -0.1) is 12.4 Å². The van der Waals surface area contributed by atoms with E-state index in [1.54, 1.807) is 6.20 Å². The Morgan fingerprint density at radius 1 is 1.27 bits per heavy atom.